The summed E-state index contributed by atoms with van der Waals surface area (Å²) in [6.07, 6.45) is 0. The lowest BCUT2D eigenvalue weighted by Crippen LogP contribution is -2.18. The van der Waals surface area contributed by atoms with Crippen molar-refractivity contribution in [2.24, 2.45) is 0 Å². The number of benzene rings is 3. The van der Waals surface area contributed by atoms with Crippen LogP contribution in [0.5, 0.6) is 0 Å². The van der Waals surface area contributed by atoms with Crippen LogP contribution in [0.15, 0.2) is 72.8 Å². The number of para-hydroxylation sites is 1. The van der Waals surface area contributed by atoms with Crippen LogP contribution in [-0.4, -0.2) is 16.4 Å². The summed E-state index contributed by atoms with van der Waals surface area (Å²) in [6, 6.07) is 22.0. The first kappa shape index (κ1) is 18.5. The molecular weight excluding hydrogens is 362 g/mol. The molecule has 0 aliphatic rings. The summed E-state index contributed by atoms with van der Waals surface area (Å²) in [5.74, 6) is -0.491. The molecule has 0 bridgehead atoms. The van der Waals surface area contributed by atoms with Crippen molar-refractivity contribution < 1.29 is 9.59 Å². The van der Waals surface area contributed by atoms with Crippen molar-refractivity contribution in [1.82, 2.24) is 4.57 Å². The van der Waals surface area contributed by atoms with Gasteiger partial charge in [0.15, 0.2) is 0 Å². The van der Waals surface area contributed by atoms with Crippen LogP contribution in [0.1, 0.15) is 31.8 Å². The van der Waals surface area contributed by atoms with Crippen LogP contribution in [0, 0.1) is 13.8 Å². The number of anilines is 2. The van der Waals surface area contributed by atoms with Gasteiger partial charge < -0.3 is 11.1 Å². The van der Waals surface area contributed by atoms with Gasteiger partial charge in [-0.2, -0.15) is 0 Å². The minimum atomic E-state index is -0.344. The van der Waals surface area contributed by atoms with Gasteiger partial charge in [-0.3, -0.25) is 14.2 Å². The maximum absolute atomic E-state index is 13.1. The van der Waals surface area contributed by atoms with Gasteiger partial charge in [-0.15, -0.1) is 0 Å². The third-order valence-electron chi connectivity index (χ3n) is 4.84. The van der Waals surface area contributed by atoms with Crippen molar-refractivity contribution in [3.8, 4) is 0 Å². The van der Waals surface area contributed by atoms with E-state index in [0.29, 0.717) is 27.7 Å². The minimum absolute atomic E-state index is 0.127. The third-order valence-corrected chi connectivity index (χ3v) is 4.84. The molecule has 0 spiro atoms. The third kappa shape index (κ3) is 3.38. The fourth-order valence-electron chi connectivity index (χ4n) is 3.67. The van der Waals surface area contributed by atoms with Crippen molar-refractivity contribution in [1.29, 1.82) is 0 Å². The van der Waals surface area contributed by atoms with E-state index in [1.54, 1.807) is 36.4 Å². The van der Waals surface area contributed by atoms with Crippen molar-refractivity contribution in [2.75, 3.05) is 11.1 Å². The number of nitrogens with one attached hydrogen (secondary N) is 1. The molecule has 1 amide bonds. The molecule has 144 valence electrons. The second-order valence-corrected chi connectivity index (χ2v) is 7.11. The number of carbonyl (C=O) groups is 2. The Morgan fingerprint density at radius 2 is 1.48 bits per heavy atom. The molecular formula is C24H21N3O2. The van der Waals surface area contributed by atoms with E-state index in [-0.39, 0.29) is 17.6 Å². The SMILES string of the molecule is Cc1cc(C)cc(NC(=O)c2c(N)n(C(=O)c3ccccc3)c3ccccc23)c1. The van der Waals surface area contributed by atoms with Gasteiger partial charge in [0.2, 0.25) is 0 Å². The maximum atomic E-state index is 13.1. The van der Waals surface area contributed by atoms with Crippen molar-refractivity contribution in [3.05, 3.63) is 95.1 Å². The Bertz CT molecular complexity index is 1220. The van der Waals surface area contributed by atoms with Gasteiger partial charge in [0.05, 0.1) is 11.1 Å². The molecule has 3 aromatic carbocycles. The number of hydrogen-bond donors (Lipinski definition) is 2. The zero-order valence-electron chi connectivity index (χ0n) is 16.3. The first-order chi connectivity index (χ1) is 14.0. The molecule has 0 aliphatic carbocycles. The molecule has 1 heterocycles. The number of carbonyl (C=O) groups excluding carboxylic acids is 2. The lowest BCUT2D eigenvalue weighted by atomic mass is 10.1. The van der Waals surface area contributed by atoms with Crippen LogP contribution in [0.25, 0.3) is 10.9 Å². The van der Waals surface area contributed by atoms with E-state index in [2.05, 4.69) is 5.32 Å². The Morgan fingerprint density at radius 3 is 2.17 bits per heavy atom. The number of nitrogens with zero attached hydrogens (tertiary/aromatic N) is 1. The van der Waals surface area contributed by atoms with Crippen molar-refractivity contribution >= 4 is 34.2 Å². The largest absolute Gasteiger partial charge is 0.384 e. The molecule has 0 unspecified atom stereocenters. The lowest BCUT2D eigenvalue weighted by Gasteiger charge is -2.09. The highest BCUT2D eigenvalue weighted by Gasteiger charge is 2.24. The Labute approximate surface area is 168 Å². The number of fused-ring (bicyclic) bond motifs is 1. The summed E-state index contributed by atoms with van der Waals surface area (Å²) in [5, 5.41) is 3.56. The molecule has 29 heavy (non-hydrogen) atoms. The molecule has 0 saturated heterocycles. The zero-order chi connectivity index (χ0) is 20.5. The van der Waals surface area contributed by atoms with Crippen molar-refractivity contribution in [2.45, 2.75) is 13.8 Å². The summed E-state index contributed by atoms with van der Waals surface area (Å²) < 4.78 is 1.40. The van der Waals surface area contributed by atoms with E-state index in [0.717, 1.165) is 11.1 Å². The number of rotatable bonds is 3. The molecule has 3 N–H and O–H groups in total. The van der Waals surface area contributed by atoms with E-state index in [1.165, 1.54) is 4.57 Å². The van der Waals surface area contributed by atoms with Gasteiger partial charge in [0.1, 0.15) is 5.82 Å². The van der Waals surface area contributed by atoms with Gasteiger partial charge in [0, 0.05) is 16.6 Å². The van der Waals surface area contributed by atoms with E-state index >= 15 is 0 Å². The smallest absolute Gasteiger partial charge is 0.263 e. The normalized spacial score (nSPS) is 10.8. The number of aromatic nitrogens is 1. The summed E-state index contributed by atoms with van der Waals surface area (Å²) in [5.41, 5.74) is 10.5. The number of nitrogens with two attached hydrogens (primary N) is 1. The first-order valence-electron chi connectivity index (χ1n) is 9.34. The quantitative estimate of drug-likeness (QED) is 0.534. The predicted molar refractivity (Wildman–Crippen MR) is 116 cm³/mol. The summed E-state index contributed by atoms with van der Waals surface area (Å²) in [4.78, 5) is 26.2. The molecule has 0 aliphatic heterocycles. The summed E-state index contributed by atoms with van der Waals surface area (Å²) in [6.45, 7) is 3.95. The summed E-state index contributed by atoms with van der Waals surface area (Å²) >= 11 is 0. The second-order valence-electron chi connectivity index (χ2n) is 7.11. The van der Waals surface area contributed by atoms with E-state index in [1.807, 2.05) is 50.2 Å². The highest BCUT2D eigenvalue weighted by atomic mass is 16.2. The molecule has 4 aromatic rings. The van der Waals surface area contributed by atoms with Gasteiger partial charge in [-0.25, -0.2) is 0 Å². The molecule has 4 rings (SSSR count). The Morgan fingerprint density at radius 1 is 0.862 bits per heavy atom. The second kappa shape index (κ2) is 7.28. The Kier molecular flexibility index (Phi) is 4.64. The standard InChI is InChI=1S/C24H21N3O2/c1-15-12-16(2)14-18(13-15)26-23(28)21-19-10-6-7-11-20(19)27(22(21)25)24(29)17-8-4-3-5-9-17/h3-14H,25H2,1-2H3,(H,26,28). The van der Waals surface area contributed by atoms with Crippen molar-refractivity contribution in [3.63, 3.8) is 0 Å². The first-order valence-corrected chi connectivity index (χ1v) is 9.34. The minimum Gasteiger partial charge on any atom is -0.384 e. The zero-order valence-corrected chi connectivity index (χ0v) is 16.3. The average molecular weight is 383 g/mol. The van der Waals surface area contributed by atoms with Crippen LogP contribution in [0.4, 0.5) is 11.5 Å². The van der Waals surface area contributed by atoms with E-state index in [4.69, 9.17) is 5.73 Å². The van der Waals surface area contributed by atoms with Crippen LogP contribution in [-0.2, 0) is 0 Å². The van der Waals surface area contributed by atoms with Crippen LogP contribution in [0.2, 0.25) is 0 Å². The number of amides is 1. The van der Waals surface area contributed by atoms with Crippen LogP contribution < -0.4 is 11.1 Å². The highest BCUT2D eigenvalue weighted by Crippen LogP contribution is 2.30. The number of hydrogen-bond acceptors (Lipinski definition) is 3. The van der Waals surface area contributed by atoms with Crippen LogP contribution in [0.3, 0.4) is 0 Å². The molecule has 0 radical (unpaired) electrons. The molecule has 0 saturated carbocycles. The monoisotopic (exact) mass is 383 g/mol. The molecule has 0 fully saturated rings. The van der Waals surface area contributed by atoms with E-state index in [9.17, 15) is 9.59 Å². The van der Waals surface area contributed by atoms with E-state index < -0.39 is 0 Å². The van der Waals surface area contributed by atoms with Gasteiger partial charge in [-0.05, 0) is 55.3 Å². The maximum Gasteiger partial charge on any atom is 0.263 e. The fourth-order valence-corrected chi connectivity index (χ4v) is 3.67. The highest BCUT2D eigenvalue weighted by molar-refractivity contribution is 6.19. The lowest BCUT2D eigenvalue weighted by molar-refractivity contribution is 0.0967. The van der Waals surface area contributed by atoms with Gasteiger partial charge in [-0.1, -0.05) is 42.5 Å². The van der Waals surface area contributed by atoms with Gasteiger partial charge >= 0.3 is 0 Å². The molecule has 5 nitrogen and oxygen atoms in total. The number of aryl methyl sites for hydroxylation is 2. The topological polar surface area (TPSA) is 77.1 Å². The van der Waals surface area contributed by atoms with Gasteiger partial charge in [0.25, 0.3) is 11.8 Å². The molecule has 1 aromatic heterocycles. The summed E-state index contributed by atoms with van der Waals surface area (Å²) in [7, 11) is 0. The Hall–Kier alpha value is -3.86. The fraction of sp³-hybridized carbons (Fsp3) is 0.0833. The average Bonchev–Trinajstić information content (AvgIpc) is 2.99. The predicted octanol–water partition coefficient (Wildman–Crippen LogP) is 4.78. The Balaban J connectivity index is 1.82. The number of nitrogen functional groups attached to an aromatic ring is 1. The molecule has 5 heteroatoms. The molecule has 0 atom stereocenters. The van der Waals surface area contributed by atoms with Crippen LogP contribution >= 0.6 is 0 Å².